The summed E-state index contributed by atoms with van der Waals surface area (Å²) in [5.74, 6) is -0.323. The highest BCUT2D eigenvalue weighted by atomic mass is 35.5. The van der Waals surface area contributed by atoms with E-state index >= 15 is 0 Å². The Morgan fingerprint density at radius 2 is 2.06 bits per heavy atom. The summed E-state index contributed by atoms with van der Waals surface area (Å²) in [5.41, 5.74) is 5.71. The maximum Gasteiger partial charge on any atom is 0.405 e. The summed E-state index contributed by atoms with van der Waals surface area (Å²) in [6.07, 6.45) is -4.32. The molecule has 3 N–H and O–H groups in total. The molecule has 0 radical (unpaired) electrons. The van der Waals surface area contributed by atoms with Gasteiger partial charge >= 0.3 is 6.18 Å². The van der Waals surface area contributed by atoms with Crippen LogP contribution in [0.5, 0.6) is 0 Å². The van der Waals surface area contributed by atoms with Crippen molar-refractivity contribution in [2.24, 2.45) is 5.73 Å². The Kier molecular flexibility index (Phi) is 3.87. The summed E-state index contributed by atoms with van der Waals surface area (Å²) >= 11 is 5.71. The fourth-order valence-corrected chi connectivity index (χ4v) is 1.58. The van der Waals surface area contributed by atoms with Gasteiger partial charge in [0.25, 0.3) is 0 Å². The quantitative estimate of drug-likeness (QED) is 0.652. The molecule has 0 spiro atoms. The van der Waals surface area contributed by atoms with Gasteiger partial charge < -0.3 is 10.6 Å². The van der Waals surface area contributed by atoms with Crippen LogP contribution in [-0.4, -0.2) is 25.6 Å². The summed E-state index contributed by atoms with van der Waals surface area (Å²) < 4.78 is 36.8. The van der Waals surface area contributed by atoms with Gasteiger partial charge in [-0.3, -0.25) is 5.41 Å². The van der Waals surface area contributed by atoms with Crippen LogP contribution in [0.3, 0.4) is 0 Å². The molecule has 94 valence electrons. The number of halogens is 4. The first-order valence-electron chi connectivity index (χ1n) is 4.62. The second kappa shape index (κ2) is 4.83. The third kappa shape index (κ3) is 3.81. The number of nitrogens with zero attached hydrogens (tertiary/aromatic N) is 1. The average molecular weight is 266 g/mol. The van der Waals surface area contributed by atoms with Gasteiger partial charge in [-0.15, -0.1) is 0 Å². The molecule has 0 unspecified atom stereocenters. The Balaban J connectivity index is 3.09. The number of benzene rings is 1. The zero-order chi connectivity index (χ0) is 13.2. The lowest BCUT2D eigenvalue weighted by Crippen LogP contribution is -2.32. The summed E-state index contributed by atoms with van der Waals surface area (Å²) in [5, 5.41) is 7.63. The van der Waals surface area contributed by atoms with Gasteiger partial charge in [0.15, 0.2) is 0 Å². The van der Waals surface area contributed by atoms with Crippen molar-refractivity contribution in [1.82, 2.24) is 0 Å². The molecule has 0 heterocycles. The minimum atomic E-state index is -4.32. The number of rotatable bonds is 3. The zero-order valence-electron chi connectivity index (χ0n) is 8.98. The molecule has 7 heteroatoms. The molecule has 1 aromatic carbocycles. The summed E-state index contributed by atoms with van der Waals surface area (Å²) in [6.45, 7) is -1.12. The van der Waals surface area contributed by atoms with E-state index in [-0.39, 0.29) is 17.1 Å². The van der Waals surface area contributed by atoms with E-state index in [2.05, 4.69) is 0 Å². The van der Waals surface area contributed by atoms with Gasteiger partial charge in [0.2, 0.25) is 0 Å². The first kappa shape index (κ1) is 13.6. The van der Waals surface area contributed by atoms with Gasteiger partial charge in [-0.25, -0.2) is 0 Å². The predicted octanol–water partition coefficient (Wildman–Crippen LogP) is 2.62. The molecule has 0 amide bonds. The topological polar surface area (TPSA) is 53.1 Å². The number of hydrogen-bond donors (Lipinski definition) is 2. The smallest absolute Gasteiger partial charge is 0.384 e. The average Bonchev–Trinajstić information content (AvgIpc) is 2.14. The van der Waals surface area contributed by atoms with E-state index in [4.69, 9.17) is 22.7 Å². The Hall–Kier alpha value is -1.43. The molecule has 0 aliphatic rings. The van der Waals surface area contributed by atoms with Crippen LogP contribution in [-0.2, 0) is 0 Å². The maximum atomic E-state index is 12.3. The fraction of sp³-hybridized carbons (Fsp3) is 0.300. The highest BCUT2D eigenvalue weighted by molar-refractivity contribution is 6.31. The van der Waals surface area contributed by atoms with Crippen LogP contribution < -0.4 is 10.6 Å². The SMILES string of the molecule is CN(CC(F)(F)F)c1ccc(Cl)cc1C(=N)N. The van der Waals surface area contributed by atoms with Crippen LogP contribution in [0.15, 0.2) is 18.2 Å². The molecule has 3 nitrogen and oxygen atoms in total. The Labute approximate surface area is 101 Å². The van der Waals surface area contributed by atoms with E-state index in [1.807, 2.05) is 0 Å². The third-order valence-corrected chi connectivity index (χ3v) is 2.31. The molecule has 0 saturated heterocycles. The van der Waals surface area contributed by atoms with E-state index in [0.717, 1.165) is 4.90 Å². The zero-order valence-corrected chi connectivity index (χ0v) is 9.73. The third-order valence-electron chi connectivity index (χ3n) is 2.08. The van der Waals surface area contributed by atoms with E-state index in [1.54, 1.807) is 0 Å². The first-order valence-corrected chi connectivity index (χ1v) is 5.00. The van der Waals surface area contributed by atoms with Crippen molar-refractivity contribution in [3.63, 3.8) is 0 Å². The molecular formula is C10H11ClF3N3. The van der Waals surface area contributed by atoms with Crippen molar-refractivity contribution in [3.05, 3.63) is 28.8 Å². The molecule has 0 aliphatic carbocycles. The molecule has 17 heavy (non-hydrogen) atoms. The number of nitrogen functional groups attached to an aromatic ring is 1. The van der Waals surface area contributed by atoms with Gasteiger partial charge in [0.1, 0.15) is 12.4 Å². The minimum Gasteiger partial charge on any atom is -0.384 e. The highest BCUT2D eigenvalue weighted by Gasteiger charge is 2.30. The van der Waals surface area contributed by atoms with Crippen LogP contribution in [0.25, 0.3) is 0 Å². The van der Waals surface area contributed by atoms with Gasteiger partial charge in [0, 0.05) is 23.3 Å². The molecule has 0 atom stereocenters. The molecule has 0 bridgehead atoms. The minimum absolute atomic E-state index is 0.184. The Bertz CT molecular complexity index is 431. The lowest BCUT2D eigenvalue weighted by Gasteiger charge is -2.23. The van der Waals surface area contributed by atoms with E-state index in [1.165, 1.54) is 25.2 Å². The lowest BCUT2D eigenvalue weighted by atomic mass is 10.1. The van der Waals surface area contributed by atoms with Crippen molar-refractivity contribution in [3.8, 4) is 0 Å². The number of alkyl halides is 3. The second-order valence-electron chi connectivity index (χ2n) is 3.55. The van der Waals surface area contributed by atoms with Crippen LogP contribution >= 0.6 is 11.6 Å². The maximum absolute atomic E-state index is 12.3. The van der Waals surface area contributed by atoms with Gasteiger partial charge in [-0.2, -0.15) is 13.2 Å². The van der Waals surface area contributed by atoms with Gasteiger partial charge in [0.05, 0.1) is 0 Å². The van der Waals surface area contributed by atoms with E-state index < -0.39 is 12.7 Å². The first-order chi connectivity index (χ1) is 7.70. The summed E-state index contributed by atoms with van der Waals surface area (Å²) in [4.78, 5) is 0.979. The lowest BCUT2D eigenvalue weighted by molar-refractivity contribution is -0.119. The normalized spacial score (nSPS) is 11.4. The molecular weight excluding hydrogens is 255 g/mol. The second-order valence-corrected chi connectivity index (χ2v) is 3.98. The molecule has 1 rings (SSSR count). The van der Waals surface area contributed by atoms with Gasteiger partial charge in [-0.1, -0.05) is 11.6 Å². The van der Waals surface area contributed by atoms with E-state index in [9.17, 15) is 13.2 Å². The number of hydrogen-bond acceptors (Lipinski definition) is 2. The summed E-state index contributed by atoms with van der Waals surface area (Å²) in [7, 11) is 1.28. The molecule has 0 aromatic heterocycles. The molecule has 0 aliphatic heterocycles. The Morgan fingerprint density at radius 3 is 2.53 bits per heavy atom. The largest absolute Gasteiger partial charge is 0.405 e. The number of anilines is 1. The number of amidine groups is 1. The van der Waals surface area contributed by atoms with Crippen LogP contribution in [0.4, 0.5) is 18.9 Å². The molecule has 1 aromatic rings. The fourth-order valence-electron chi connectivity index (χ4n) is 1.41. The monoisotopic (exact) mass is 265 g/mol. The highest BCUT2D eigenvalue weighted by Crippen LogP contribution is 2.26. The number of nitrogens with one attached hydrogen (secondary N) is 1. The van der Waals surface area contributed by atoms with Crippen LogP contribution in [0.2, 0.25) is 5.02 Å². The van der Waals surface area contributed by atoms with Gasteiger partial charge in [-0.05, 0) is 18.2 Å². The van der Waals surface area contributed by atoms with Crippen LogP contribution in [0.1, 0.15) is 5.56 Å². The standard InChI is InChI=1S/C10H11ClF3N3/c1-17(5-10(12,13)14)8-3-2-6(11)4-7(8)9(15)16/h2-4H,5H2,1H3,(H3,15,16). The van der Waals surface area contributed by atoms with Crippen LogP contribution in [0, 0.1) is 5.41 Å². The Morgan fingerprint density at radius 1 is 1.47 bits per heavy atom. The number of nitrogens with two attached hydrogens (primary N) is 1. The van der Waals surface area contributed by atoms with Crippen molar-refractivity contribution < 1.29 is 13.2 Å². The van der Waals surface area contributed by atoms with E-state index in [0.29, 0.717) is 5.02 Å². The predicted molar refractivity (Wildman–Crippen MR) is 61.8 cm³/mol. The molecule has 0 saturated carbocycles. The van der Waals surface area contributed by atoms with Crippen molar-refractivity contribution >= 4 is 23.1 Å². The molecule has 0 fully saturated rings. The van der Waals surface area contributed by atoms with Crippen molar-refractivity contribution in [2.75, 3.05) is 18.5 Å². The van der Waals surface area contributed by atoms with Crippen molar-refractivity contribution in [2.45, 2.75) is 6.18 Å². The van der Waals surface area contributed by atoms with Crippen molar-refractivity contribution in [1.29, 1.82) is 5.41 Å². The summed E-state index contributed by atoms with van der Waals surface area (Å²) in [6, 6.07) is 4.23.